The number of ether oxygens (including phenoxy) is 2. The quantitative estimate of drug-likeness (QED) is 0.0979. The summed E-state index contributed by atoms with van der Waals surface area (Å²) >= 11 is 0. The first kappa shape index (κ1) is 32.5. The van der Waals surface area contributed by atoms with Gasteiger partial charge in [-0.3, -0.25) is 4.79 Å². The van der Waals surface area contributed by atoms with Gasteiger partial charge in [0.05, 0.1) is 6.10 Å². The Labute approximate surface area is 206 Å². The summed E-state index contributed by atoms with van der Waals surface area (Å²) in [5, 5.41) is 16.4. The second kappa shape index (κ2) is 18.8. The van der Waals surface area contributed by atoms with Crippen LogP contribution in [0.5, 0.6) is 0 Å². The molecule has 0 aliphatic carbocycles. The maximum Gasteiger partial charge on any atom is 0.500 e. The molecule has 3 atom stereocenters. The summed E-state index contributed by atoms with van der Waals surface area (Å²) in [6, 6.07) is 0.732. The number of carbonyl (C=O) groups is 2. The number of hydrogen-bond donors (Lipinski definition) is 3. The highest BCUT2D eigenvalue weighted by atomic mass is 28.4. The van der Waals surface area contributed by atoms with Gasteiger partial charge in [-0.15, -0.1) is 0 Å². The molecular weight excluding hydrogens is 460 g/mol. The van der Waals surface area contributed by atoms with Gasteiger partial charge in [0.1, 0.15) is 12.2 Å². The monoisotopic (exact) mass is 506 g/mol. The second-order valence-corrected chi connectivity index (χ2v) is 11.2. The minimum atomic E-state index is -2.52. The Kier molecular flexibility index (Phi) is 17.9. The van der Waals surface area contributed by atoms with E-state index in [0.717, 1.165) is 25.6 Å². The number of allylic oxidation sites excluding steroid dienone is 1. The van der Waals surface area contributed by atoms with Crippen LogP contribution in [0.15, 0.2) is 11.8 Å². The fourth-order valence-corrected chi connectivity index (χ4v) is 5.10. The van der Waals surface area contributed by atoms with Crippen LogP contribution in [0.1, 0.15) is 59.8 Å². The third-order valence-electron chi connectivity index (χ3n) is 5.41. The van der Waals surface area contributed by atoms with Gasteiger partial charge in [-0.25, -0.2) is 4.79 Å². The second-order valence-electron chi connectivity index (χ2n) is 8.14. The first-order chi connectivity index (χ1) is 16.1. The maximum absolute atomic E-state index is 12.3. The summed E-state index contributed by atoms with van der Waals surface area (Å²) in [6.07, 6.45) is 2.62. The van der Waals surface area contributed by atoms with Gasteiger partial charge in [0.25, 0.3) is 0 Å². The Morgan fingerprint density at radius 1 is 0.912 bits per heavy atom. The molecule has 34 heavy (non-hydrogen) atoms. The molecule has 0 rings (SSSR count). The van der Waals surface area contributed by atoms with Crippen LogP contribution >= 0.6 is 0 Å². The van der Waals surface area contributed by atoms with E-state index in [4.69, 9.17) is 22.8 Å². The topological polar surface area (TPSA) is 125 Å². The molecular formula is C23H46N2O8Si. The smallest absolute Gasteiger partial charge is 0.462 e. The normalized spacial score (nSPS) is 14.9. The van der Waals surface area contributed by atoms with Crippen molar-refractivity contribution < 1.29 is 37.4 Å². The molecule has 10 nitrogen and oxygen atoms in total. The molecule has 0 aliphatic rings. The SMILES string of the molecule is CCC(O)CC(CC(CC)OC(=O)/C=C(\C)NCCNCCC[Si](OC)(OC)OC)OC(C)=O. The molecule has 0 aromatic carbocycles. The first-order valence-corrected chi connectivity index (χ1v) is 13.9. The van der Waals surface area contributed by atoms with Crippen LogP contribution in [0.4, 0.5) is 0 Å². The summed E-state index contributed by atoms with van der Waals surface area (Å²) in [5.41, 5.74) is 0.698. The van der Waals surface area contributed by atoms with Gasteiger partial charge in [0.2, 0.25) is 0 Å². The predicted octanol–water partition coefficient (Wildman–Crippen LogP) is 2.14. The van der Waals surface area contributed by atoms with Crippen LogP contribution in [-0.2, 0) is 32.3 Å². The lowest BCUT2D eigenvalue weighted by Gasteiger charge is -2.24. The van der Waals surface area contributed by atoms with E-state index in [1.807, 2.05) is 13.8 Å². The molecule has 0 heterocycles. The molecule has 0 aliphatic heterocycles. The minimum Gasteiger partial charge on any atom is -0.462 e. The van der Waals surface area contributed by atoms with Crippen LogP contribution in [-0.4, -0.2) is 85.1 Å². The molecule has 0 saturated carbocycles. The van der Waals surface area contributed by atoms with Crippen molar-refractivity contribution in [3.63, 3.8) is 0 Å². The molecule has 3 unspecified atom stereocenters. The lowest BCUT2D eigenvalue weighted by Crippen LogP contribution is -2.43. The van der Waals surface area contributed by atoms with Crippen molar-refractivity contribution >= 4 is 20.7 Å². The van der Waals surface area contributed by atoms with Crippen LogP contribution in [0.3, 0.4) is 0 Å². The average molecular weight is 507 g/mol. The summed E-state index contributed by atoms with van der Waals surface area (Å²) in [6.45, 7) is 9.07. The van der Waals surface area contributed by atoms with Crippen molar-refractivity contribution in [2.24, 2.45) is 0 Å². The summed E-state index contributed by atoms with van der Waals surface area (Å²) in [5.74, 6) is -0.872. The average Bonchev–Trinajstić information content (AvgIpc) is 2.80. The van der Waals surface area contributed by atoms with Crippen molar-refractivity contribution in [1.82, 2.24) is 10.6 Å². The first-order valence-electron chi connectivity index (χ1n) is 12.0. The number of aliphatic hydroxyl groups excluding tert-OH is 1. The van der Waals surface area contributed by atoms with Gasteiger partial charge in [0, 0.05) is 72.0 Å². The number of esters is 2. The fraction of sp³-hybridized carbons (Fsp3) is 0.826. The molecule has 0 fully saturated rings. The molecule has 3 N–H and O–H groups in total. The number of carbonyl (C=O) groups excluding carboxylic acids is 2. The minimum absolute atomic E-state index is 0.319. The van der Waals surface area contributed by atoms with Crippen molar-refractivity contribution in [3.05, 3.63) is 11.8 Å². The molecule has 0 radical (unpaired) electrons. The van der Waals surface area contributed by atoms with Gasteiger partial charge in [-0.1, -0.05) is 13.8 Å². The van der Waals surface area contributed by atoms with E-state index in [2.05, 4.69) is 10.6 Å². The summed E-state index contributed by atoms with van der Waals surface area (Å²) < 4.78 is 27.0. The van der Waals surface area contributed by atoms with Crippen molar-refractivity contribution in [2.75, 3.05) is 41.0 Å². The molecule has 0 amide bonds. The molecule has 200 valence electrons. The standard InChI is InChI=1S/C23H46N2O8Si/c1-8-20(27)16-22(32-19(4)26)17-21(9-2)33-23(28)15-18(3)25-13-12-24-11-10-14-34(29-5,30-6)31-7/h15,20-22,24-25,27H,8-14,16-17H2,1-7H3/b18-15+. The molecule has 11 heteroatoms. The highest BCUT2D eigenvalue weighted by Crippen LogP contribution is 2.17. The predicted molar refractivity (Wildman–Crippen MR) is 132 cm³/mol. The summed E-state index contributed by atoms with van der Waals surface area (Å²) in [7, 11) is 2.30. The fourth-order valence-electron chi connectivity index (χ4n) is 3.37. The molecule has 0 aromatic heterocycles. The van der Waals surface area contributed by atoms with Gasteiger partial charge >= 0.3 is 20.7 Å². The Hall–Kier alpha value is -1.50. The molecule has 0 bridgehead atoms. The van der Waals surface area contributed by atoms with E-state index in [1.165, 1.54) is 13.0 Å². The third kappa shape index (κ3) is 14.7. The zero-order chi connectivity index (χ0) is 26.0. The molecule has 0 spiro atoms. The van der Waals surface area contributed by atoms with E-state index in [9.17, 15) is 14.7 Å². The van der Waals surface area contributed by atoms with Crippen molar-refractivity contribution in [1.29, 1.82) is 0 Å². The summed E-state index contributed by atoms with van der Waals surface area (Å²) in [4.78, 5) is 23.7. The zero-order valence-corrected chi connectivity index (χ0v) is 23.0. The lowest BCUT2D eigenvalue weighted by atomic mass is 10.0. The number of hydrogen-bond acceptors (Lipinski definition) is 10. The Morgan fingerprint density at radius 3 is 2.09 bits per heavy atom. The lowest BCUT2D eigenvalue weighted by molar-refractivity contribution is -0.152. The van der Waals surface area contributed by atoms with E-state index in [-0.39, 0.29) is 0 Å². The highest BCUT2D eigenvalue weighted by molar-refractivity contribution is 6.60. The van der Waals surface area contributed by atoms with Crippen LogP contribution in [0.2, 0.25) is 6.04 Å². The Bertz CT molecular complexity index is 593. The zero-order valence-electron chi connectivity index (χ0n) is 22.0. The van der Waals surface area contributed by atoms with E-state index >= 15 is 0 Å². The number of rotatable bonds is 20. The van der Waals surface area contributed by atoms with Gasteiger partial charge in [0.15, 0.2) is 0 Å². The van der Waals surface area contributed by atoms with Gasteiger partial charge in [-0.05, 0) is 32.7 Å². The largest absolute Gasteiger partial charge is 0.500 e. The molecule has 0 aromatic rings. The van der Waals surface area contributed by atoms with E-state index in [0.29, 0.717) is 37.9 Å². The van der Waals surface area contributed by atoms with Crippen LogP contribution in [0, 0.1) is 0 Å². The third-order valence-corrected chi connectivity index (χ3v) is 8.24. The molecule has 0 saturated heterocycles. The number of nitrogens with one attached hydrogen (secondary N) is 2. The Morgan fingerprint density at radius 2 is 1.56 bits per heavy atom. The van der Waals surface area contributed by atoms with Crippen molar-refractivity contribution in [2.45, 2.75) is 84.2 Å². The maximum atomic E-state index is 12.3. The van der Waals surface area contributed by atoms with E-state index in [1.54, 1.807) is 28.3 Å². The number of aliphatic hydroxyl groups is 1. The van der Waals surface area contributed by atoms with E-state index < -0.39 is 39.1 Å². The van der Waals surface area contributed by atoms with Crippen LogP contribution < -0.4 is 10.6 Å². The highest BCUT2D eigenvalue weighted by Gasteiger charge is 2.36. The van der Waals surface area contributed by atoms with Gasteiger partial charge < -0.3 is 38.5 Å². The van der Waals surface area contributed by atoms with Crippen LogP contribution in [0.25, 0.3) is 0 Å². The Balaban J connectivity index is 4.39. The van der Waals surface area contributed by atoms with Gasteiger partial charge in [-0.2, -0.15) is 0 Å². The van der Waals surface area contributed by atoms with Crippen molar-refractivity contribution in [3.8, 4) is 0 Å².